The Morgan fingerprint density at radius 1 is 1.04 bits per heavy atom. The number of piperidine rings is 1. The third-order valence-corrected chi connectivity index (χ3v) is 17.2. The third kappa shape index (κ3) is 11.3. The zero-order chi connectivity index (χ0) is 51.8. The number of carbonyl (C=O) groups excluding carboxylic acids is 1. The number of piperazine rings is 1. The zero-order valence-corrected chi connectivity index (χ0v) is 43.6. The number of carbonyl (C=O) groups is 1. The molecule has 4 aromatic rings. The molecule has 73 heavy (non-hydrogen) atoms. The molecule has 5 aliphatic rings. The van der Waals surface area contributed by atoms with Gasteiger partial charge in [0, 0.05) is 81.3 Å². The number of β-amino-alcohol motifs (C(OH)–C–C–N with tert-alkyl or cyclic N) is 1. The molecule has 2 saturated heterocycles. The smallest absolute Gasteiger partial charge is 0.268 e. The average molecular weight is 1020 g/mol. The molecule has 2 unspecified atom stereocenters. The Morgan fingerprint density at radius 2 is 1.78 bits per heavy atom. The van der Waals surface area contributed by atoms with Crippen molar-refractivity contribution in [3.63, 3.8) is 0 Å². The Kier molecular flexibility index (Phi) is 15.4. The van der Waals surface area contributed by atoms with Crippen LogP contribution in [-0.2, 0) is 10.0 Å². The minimum absolute atomic E-state index is 0.00232. The van der Waals surface area contributed by atoms with Crippen LogP contribution in [0, 0.1) is 16.5 Å². The van der Waals surface area contributed by atoms with Crippen molar-refractivity contribution in [1.29, 1.82) is 0 Å². The van der Waals surface area contributed by atoms with E-state index in [2.05, 4.69) is 79.4 Å². The van der Waals surface area contributed by atoms with E-state index in [0.29, 0.717) is 49.2 Å². The van der Waals surface area contributed by atoms with Gasteiger partial charge in [-0.05, 0) is 123 Å². The summed E-state index contributed by atoms with van der Waals surface area (Å²) in [5.41, 5.74) is 3.75. The van der Waals surface area contributed by atoms with E-state index < -0.39 is 32.4 Å². The maximum absolute atomic E-state index is 15.2. The van der Waals surface area contributed by atoms with Gasteiger partial charge in [0.1, 0.15) is 16.5 Å². The lowest BCUT2D eigenvalue weighted by atomic mass is 9.59. The van der Waals surface area contributed by atoms with Gasteiger partial charge < -0.3 is 40.2 Å². The number of sulfonamides is 1. The summed E-state index contributed by atoms with van der Waals surface area (Å²) in [4.78, 5) is 30.1. The fourth-order valence-corrected chi connectivity index (χ4v) is 12.6. The largest absolute Gasteiger partial charge is 0.629 e. The van der Waals surface area contributed by atoms with Gasteiger partial charge in [0.2, 0.25) is 0 Å². The second-order valence-electron chi connectivity index (χ2n) is 21.4. The van der Waals surface area contributed by atoms with Crippen LogP contribution >= 0.6 is 0 Å². The molecule has 4 fully saturated rings. The number of ether oxygens (including phenoxy) is 2. The second-order valence-corrected chi connectivity index (χ2v) is 23.1. The van der Waals surface area contributed by atoms with E-state index in [-0.39, 0.29) is 75.5 Å². The van der Waals surface area contributed by atoms with Crippen molar-refractivity contribution in [2.24, 2.45) is 11.3 Å². The van der Waals surface area contributed by atoms with E-state index in [0.717, 1.165) is 83.1 Å². The summed E-state index contributed by atoms with van der Waals surface area (Å²) in [5, 5.41) is 35.9. The number of rotatable bonds is 17. The van der Waals surface area contributed by atoms with Gasteiger partial charge in [0.25, 0.3) is 21.8 Å². The molecule has 16 nitrogen and oxygen atoms in total. The number of hydroxylamine groups is 1. The minimum Gasteiger partial charge on any atom is -0.629 e. The van der Waals surface area contributed by atoms with Crippen molar-refractivity contribution in [2.45, 2.75) is 108 Å². The van der Waals surface area contributed by atoms with Gasteiger partial charge in [-0.25, -0.2) is 27.5 Å². The molecule has 5 N–H and O–H groups in total. The second kappa shape index (κ2) is 21.4. The van der Waals surface area contributed by atoms with Crippen LogP contribution in [0.2, 0.25) is 0 Å². The first-order valence-corrected chi connectivity index (χ1v) is 27.4. The summed E-state index contributed by atoms with van der Waals surface area (Å²) < 4.78 is 57.7. The molecule has 18 heteroatoms. The average Bonchev–Trinajstić information content (AvgIpc) is 3.63. The van der Waals surface area contributed by atoms with Gasteiger partial charge in [0.15, 0.2) is 17.3 Å². The normalized spacial score (nSPS) is 23.0. The van der Waals surface area contributed by atoms with Gasteiger partial charge >= 0.3 is 0 Å². The number of nitrogens with one attached hydrogen (secondary N) is 3. The van der Waals surface area contributed by atoms with E-state index in [4.69, 9.17) is 9.47 Å². The highest BCUT2D eigenvalue weighted by Gasteiger charge is 2.50. The van der Waals surface area contributed by atoms with Crippen LogP contribution in [0.25, 0.3) is 11.4 Å². The number of aromatic nitrogens is 2. The number of anilines is 2. The van der Waals surface area contributed by atoms with Crippen molar-refractivity contribution < 1.29 is 42.4 Å². The van der Waals surface area contributed by atoms with Gasteiger partial charge in [0.05, 0.1) is 43.3 Å². The number of amides is 1. The topological polar surface area (TPSA) is 197 Å². The van der Waals surface area contributed by atoms with E-state index in [1.807, 2.05) is 6.92 Å². The molecule has 0 bridgehead atoms. The maximum Gasteiger partial charge on any atom is 0.268 e. The van der Waals surface area contributed by atoms with Gasteiger partial charge in [-0.2, -0.15) is 0 Å². The van der Waals surface area contributed by atoms with Gasteiger partial charge in [-0.1, -0.05) is 44.7 Å². The van der Waals surface area contributed by atoms with Crippen LogP contribution < -0.4 is 29.5 Å². The lowest BCUT2D eigenvalue weighted by Gasteiger charge is -2.58. The molecule has 9 rings (SSSR count). The Hall–Kier alpha value is -5.47. The fraction of sp³-hybridized carbons (Fsp3) is 0.509. The van der Waals surface area contributed by atoms with E-state index in [1.54, 1.807) is 19.1 Å². The standard InChI is InChI=1S/C55H71FN8O8S/c1-7-71-53-49(29-44-45(56)26-36(4)50(44)59-53)72-48-27-38(12-13-43(48)52(66)60-73(69,70)40-28-46(61(6)68)51(58-33-40)57-32-37-14-16-54(5,67)17-15-37)63-20-18-55(19-21-63)30-39(31-55)64-23-22-62(24-25-65)34-47(64)42-11-9-8-10-41(42)35(2)3/h8-13,26-29,33,35,37,39,47,61,65,67H,4,7,14-25,30-32,34H2,1-3,5-6H3,(H,57,58)(H,60,66). The van der Waals surface area contributed by atoms with Crippen LogP contribution in [0.1, 0.15) is 124 Å². The van der Waals surface area contributed by atoms with Crippen LogP contribution in [0.4, 0.5) is 21.6 Å². The molecule has 3 aliphatic carbocycles. The van der Waals surface area contributed by atoms with E-state index >= 15 is 4.39 Å². The number of aliphatic hydroxyl groups is 2. The van der Waals surface area contributed by atoms with E-state index in [9.17, 15) is 28.6 Å². The highest BCUT2D eigenvalue weighted by Crippen LogP contribution is 2.53. The SMILES string of the molecule is C=C1C=C(F)c2cc(Oc3cc(N4CCC5(CC4)CC(N4CCN(CCO)CC4c4ccccc4C(C)C)C5)ccc3C(=O)NS(=O)(=O)c3cnc(NCC4CCC(C)(O)CC4)c([NH+](C)[O-])c3)c(OCC)nc21. The molecule has 1 spiro atoms. The number of hydrogen-bond acceptors (Lipinski definition) is 14. The predicted molar refractivity (Wildman–Crippen MR) is 280 cm³/mol. The van der Waals surface area contributed by atoms with Crippen LogP contribution in [0.15, 0.2) is 78.3 Å². The number of fused-ring (bicyclic) bond motifs is 1. The number of benzene rings is 2. The lowest BCUT2D eigenvalue weighted by molar-refractivity contribution is -0.751. The highest BCUT2D eigenvalue weighted by atomic mass is 32.2. The first-order chi connectivity index (χ1) is 34.9. The lowest BCUT2D eigenvalue weighted by Crippen LogP contribution is -2.98. The first-order valence-electron chi connectivity index (χ1n) is 25.9. The van der Waals surface area contributed by atoms with Crippen molar-refractivity contribution in [1.82, 2.24) is 24.5 Å². The van der Waals surface area contributed by atoms with Gasteiger partial charge in [-0.3, -0.25) is 14.6 Å². The number of quaternary nitrogens is 1. The summed E-state index contributed by atoms with van der Waals surface area (Å²) in [5.74, 6) is -0.621. The summed E-state index contributed by atoms with van der Waals surface area (Å²) in [6.45, 7) is 17.8. The molecule has 1 amide bonds. The molecule has 2 aromatic heterocycles. The molecule has 2 aromatic carbocycles. The predicted octanol–water partition coefficient (Wildman–Crippen LogP) is 7.34. The molecule has 2 atom stereocenters. The number of halogens is 1. The van der Waals surface area contributed by atoms with E-state index in [1.165, 1.54) is 42.4 Å². The number of allylic oxidation sites excluding steroid dienone is 2. The quantitative estimate of drug-likeness (QED) is 0.0659. The number of pyridine rings is 2. The molecule has 2 saturated carbocycles. The Labute approximate surface area is 428 Å². The minimum atomic E-state index is -4.60. The number of nitrogens with zero attached hydrogens (tertiary/aromatic N) is 5. The maximum atomic E-state index is 15.2. The highest BCUT2D eigenvalue weighted by molar-refractivity contribution is 7.90. The van der Waals surface area contributed by atoms with Gasteiger partial charge in [-0.15, -0.1) is 0 Å². The third-order valence-electron chi connectivity index (χ3n) is 15.9. The monoisotopic (exact) mass is 1020 g/mol. The van der Waals surface area contributed by atoms with Crippen LogP contribution in [0.3, 0.4) is 0 Å². The molecule has 4 heterocycles. The summed E-state index contributed by atoms with van der Waals surface area (Å²) in [6.07, 6.45) is 9.40. The fourth-order valence-electron chi connectivity index (χ4n) is 11.7. The summed E-state index contributed by atoms with van der Waals surface area (Å²) in [7, 11) is -3.28. The van der Waals surface area contributed by atoms with Crippen LogP contribution in [-0.4, -0.2) is 122 Å². The van der Waals surface area contributed by atoms with Crippen LogP contribution in [0.5, 0.6) is 17.4 Å². The first kappa shape index (κ1) is 52.4. The van der Waals surface area contributed by atoms with Crippen molar-refractivity contribution in [2.75, 3.05) is 76.3 Å². The number of hydrogen-bond donors (Lipinski definition) is 5. The molecule has 2 aliphatic heterocycles. The van der Waals surface area contributed by atoms with Crippen molar-refractivity contribution in [3.05, 3.63) is 107 Å². The molecular weight excluding hydrogens is 952 g/mol. The Morgan fingerprint density at radius 3 is 2.48 bits per heavy atom. The summed E-state index contributed by atoms with van der Waals surface area (Å²) >= 11 is 0. The number of aliphatic hydroxyl groups excluding tert-OH is 1. The molecule has 392 valence electrons. The zero-order valence-electron chi connectivity index (χ0n) is 42.8. The Balaban J connectivity index is 0.941. The summed E-state index contributed by atoms with van der Waals surface area (Å²) in [6, 6.07) is 17.1. The molecular formula is C55H71FN8O8S. The van der Waals surface area contributed by atoms with Crippen molar-refractivity contribution in [3.8, 4) is 17.4 Å². The van der Waals surface area contributed by atoms with Crippen molar-refractivity contribution >= 4 is 44.5 Å². The Bertz CT molecular complexity index is 2830. The molecule has 0 radical (unpaired) electrons.